The van der Waals surface area contributed by atoms with E-state index in [1.807, 2.05) is 128 Å². The van der Waals surface area contributed by atoms with Crippen LogP contribution in [0.25, 0.3) is 0 Å². The first kappa shape index (κ1) is 24.9. The number of benzene rings is 5. The number of nitrogens with zero attached hydrogens (tertiary/aromatic N) is 1. The molecule has 1 aliphatic rings. The number of para-hydroxylation sites is 1. The minimum Gasteiger partial charge on any atom is -0.532 e. The van der Waals surface area contributed by atoms with Gasteiger partial charge in [0.2, 0.25) is 0 Å². The zero-order chi connectivity index (χ0) is 26.3. The van der Waals surface area contributed by atoms with Gasteiger partial charge in [0.25, 0.3) is 0 Å². The highest BCUT2D eigenvalue weighted by atomic mass is 16.6. The van der Waals surface area contributed by atoms with E-state index in [9.17, 15) is 0 Å². The van der Waals surface area contributed by atoms with Crippen molar-refractivity contribution in [2.75, 3.05) is 0 Å². The van der Waals surface area contributed by atoms with E-state index in [4.69, 9.17) is 18.9 Å². The fourth-order valence-electron chi connectivity index (χ4n) is 4.77. The van der Waals surface area contributed by atoms with Gasteiger partial charge in [-0.1, -0.05) is 133 Å². The molecule has 5 aromatic rings. The molecule has 0 bridgehead atoms. The van der Waals surface area contributed by atoms with Gasteiger partial charge in [0.15, 0.2) is 0 Å². The van der Waals surface area contributed by atoms with Crippen LogP contribution in [-0.4, -0.2) is 20.5 Å². The molecule has 0 aliphatic carbocycles. The SMILES string of the molecule is C1=N[C@H](c2ccccc2)[C@H](c2ccccc2)OB(c2ccccc2)OB(c2ccccc2)Oc2ccccc21. The molecule has 0 saturated heterocycles. The lowest BCUT2D eigenvalue weighted by Crippen LogP contribution is -2.50. The highest BCUT2D eigenvalue weighted by Crippen LogP contribution is 2.36. The molecule has 0 amide bonds. The van der Waals surface area contributed by atoms with Crippen LogP contribution in [-0.2, 0) is 9.23 Å². The number of fused-ring (bicyclic) bond motifs is 1. The average Bonchev–Trinajstić information content (AvgIpc) is 3.05. The Kier molecular flexibility index (Phi) is 7.66. The van der Waals surface area contributed by atoms with Crippen LogP contribution in [0.2, 0.25) is 0 Å². The monoisotopic (exact) mass is 507 g/mol. The van der Waals surface area contributed by atoms with Gasteiger partial charge in [0, 0.05) is 11.8 Å². The highest BCUT2D eigenvalue weighted by Gasteiger charge is 2.38. The summed E-state index contributed by atoms with van der Waals surface area (Å²) in [6.07, 6.45) is 1.45. The molecular weight excluding hydrogens is 480 g/mol. The van der Waals surface area contributed by atoms with Crippen LogP contribution in [0.1, 0.15) is 28.8 Å². The molecule has 1 aliphatic heterocycles. The van der Waals surface area contributed by atoms with Crippen molar-refractivity contribution in [3.8, 4) is 5.75 Å². The molecule has 1 heterocycles. The molecule has 0 radical (unpaired) electrons. The van der Waals surface area contributed by atoms with Crippen molar-refractivity contribution in [2.45, 2.75) is 12.1 Å². The molecule has 2 atom stereocenters. The van der Waals surface area contributed by atoms with Gasteiger partial charge in [0.05, 0.1) is 6.10 Å². The molecule has 0 fully saturated rings. The van der Waals surface area contributed by atoms with Crippen molar-refractivity contribution in [1.82, 2.24) is 0 Å². The Morgan fingerprint density at radius 2 is 1.03 bits per heavy atom. The summed E-state index contributed by atoms with van der Waals surface area (Å²) in [4.78, 5) is 5.14. The van der Waals surface area contributed by atoms with E-state index in [0.29, 0.717) is 5.75 Å². The van der Waals surface area contributed by atoms with Crippen molar-refractivity contribution in [1.29, 1.82) is 0 Å². The Bertz CT molecular complexity index is 1500. The second-order valence-corrected chi connectivity index (χ2v) is 9.38. The standard InChI is InChI=1S/C33H27B2NO3/c1-5-15-26(16-6-1)32-33(27-17-7-2-8-18-27)38-35(30-22-11-4-12-23-30)39-34(29-20-9-3-10-21-29)37-31-24-14-13-19-28(31)25-36-32/h1-25,32-33H/t32-,33+/m1/s1. The van der Waals surface area contributed by atoms with Gasteiger partial charge < -0.3 is 13.9 Å². The third kappa shape index (κ3) is 5.88. The van der Waals surface area contributed by atoms with E-state index in [1.54, 1.807) is 0 Å². The largest absolute Gasteiger partial charge is 0.549 e. The molecular formula is C33H27B2NO3. The van der Waals surface area contributed by atoms with Gasteiger partial charge in [-0.2, -0.15) is 0 Å². The Morgan fingerprint density at radius 3 is 1.67 bits per heavy atom. The quantitative estimate of drug-likeness (QED) is 0.289. The first-order valence-electron chi connectivity index (χ1n) is 13.1. The number of aliphatic imine (C=N–C) groups is 1. The summed E-state index contributed by atoms with van der Waals surface area (Å²) in [6, 6.07) is 48.0. The maximum absolute atomic E-state index is 6.96. The summed E-state index contributed by atoms with van der Waals surface area (Å²) in [5.74, 6) is 0.687. The zero-order valence-electron chi connectivity index (χ0n) is 21.4. The van der Waals surface area contributed by atoms with Gasteiger partial charge in [-0.15, -0.1) is 0 Å². The van der Waals surface area contributed by atoms with Gasteiger partial charge in [0.1, 0.15) is 11.8 Å². The maximum Gasteiger partial charge on any atom is 0.549 e. The summed E-state index contributed by atoms with van der Waals surface area (Å²) < 4.78 is 20.3. The van der Waals surface area contributed by atoms with Gasteiger partial charge in [-0.25, -0.2) is 0 Å². The third-order valence-electron chi connectivity index (χ3n) is 6.74. The third-order valence-corrected chi connectivity index (χ3v) is 6.74. The molecule has 5 aromatic carbocycles. The van der Waals surface area contributed by atoms with Crippen LogP contribution < -0.4 is 15.6 Å². The summed E-state index contributed by atoms with van der Waals surface area (Å²) in [6.45, 7) is 0. The zero-order valence-corrected chi connectivity index (χ0v) is 21.4. The fourth-order valence-corrected chi connectivity index (χ4v) is 4.77. The second-order valence-electron chi connectivity index (χ2n) is 9.38. The number of hydrogen-bond acceptors (Lipinski definition) is 4. The van der Waals surface area contributed by atoms with Gasteiger partial charge >= 0.3 is 14.2 Å². The highest BCUT2D eigenvalue weighted by molar-refractivity contribution is 6.74. The van der Waals surface area contributed by atoms with Crippen molar-refractivity contribution in [3.63, 3.8) is 0 Å². The first-order chi connectivity index (χ1) is 19.3. The average molecular weight is 507 g/mol. The van der Waals surface area contributed by atoms with Gasteiger partial charge in [-0.05, 0) is 34.2 Å². The fraction of sp³-hybridized carbons (Fsp3) is 0.0606. The smallest absolute Gasteiger partial charge is 0.532 e. The predicted octanol–water partition coefficient (Wildman–Crippen LogP) is 5.80. The lowest BCUT2D eigenvalue weighted by molar-refractivity contribution is 0.149. The van der Waals surface area contributed by atoms with E-state index in [2.05, 4.69) is 24.3 Å². The molecule has 0 N–H and O–H groups in total. The normalized spacial score (nSPS) is 17.5. The molecule has 0 spiro atoms. The number of rotatable bonds is 4. The minimum atomic E-state index is -0.728. The Morgan fingerprint density at radius 1 is 0.513 bits per heavy atom. The van der Waals surface area contributed by atoms with E-state index >= 15 is 0 Å². The molecule has 0 aromatic heterocycles. The molecule has 6 rings (SSSR count). The van der Waals surface area contributed by atoms with Crippen molar-refractivity contribution in [3.05, 3.63) is 162 Å². The van der Waals surface area contributed by atoms with Crippen LogP contribution in [0, 0.1) is 0 Å². The molecule has 0 saturated carbocycles. The molecule has 188 valence electrons. The number of hydrogen-bond donors (Lipinski definition) is 0. The van der Waals surface area contributed by atoms with Crippen LogP contribution in [0.4, 0.5) is 0 Å². The summed E-state index contributed by atoms with van der Waals surface area (Å²) in [5.41, 5.74) is 4.72. The van der Waals surface area contributed by atoms with Crippen LogP contribution in [0.15, 0.2) is 151 Å². The van der Waals surface area contributed by atoms with E-state index in [1.165, 1.54) is 0 Å². The van der Waals surface area contributed by atoms with Gasteiger partial charge in [-0.3, -0.25) is 4.99 Å². The summed E-state index contributed by atoms with van der Waals surface area (Å²) >= 11 is 0. The first-order valence-corrected chi connectivity index (χ1v) is 13.1. The second kappa shape index (κ2) is 12.0. The van der Waals surface area contributed by atoms with Crippen molar-refractivity contribution >= 4 is 31.4 Å². The van der Waals surface area contributed by atoms with E-state index < -0.39 is 20.3 Å². The Balaban J connectivity index is 1.53. The topological polar surface area (TPSA) is 40.0 Å². The lowest BCUT2D eigenvalue weighted by Gasteiger charge is -2.29. The molecule has 39 heavy (non-hydrogen) atoms. The molecule has 6 heteroatoms. The van der Waals surface area contributed by atoms with Crippen molar-refractivity contribution in [2.24, 2.45) is 4.99 Å². The summed E-state index contributed by atoms with van der Waals surface area (Å²) in [7, 11) is -1.44. The van der Waals surface area contributed by atoms with Crippen LogP contribution in [0.5, 0.6) is 5.75 Å². The van der Waals surface area contributed by atoms with Crippen LogP contribution in [0.3, 0.4) is 0 Å². The molecule has 0 unspecified atom stereocenters. The Labute approximate surface area is 230 Å². The van der Waals surface area contributed by atoms with Crippen molar-refractivity contribution < 1.29 is 13.9 Å². The molecule has 4 nitrogen and oxygen atoms in total. The maximum atomic E-state index is 6.96. The van der Waals surface area contributed by atoms with E-state index in [-0.39, 0.29) is 6.04 Å². The van der Waals surface area contributed by atoms with Crippen LogP contribution >= 0.6 is 0 Å². The van der Waals surface area contributed by atoms with E-state index in [0.717, 1.165) is 27.6 Å². The lowest BCUT2D eigenvalue weighted by atomic mass is 9.70. The Hall–Kier alpha value is -4.38. The minimum absolute atomic E-state index is 0.329. The summed E-state index contributed by atoms with van der Waals surface area (Å²) in [5, 5.41) is 0. The predicted molar refractivity (Wildman–Crippen MR) is 159 cm³/mol.